The maximum absolute atomic E-state index is 13.6. The Balaban J connectivity index is 1.52. The van der Waals surface area contributed by atoms with Gasteiger partial charge in [-0.2, -0.15) is 4.68 Å². The van der Waals surface area contributed by atoms with Crippen molar-refractivity contribution in [2.45, 2.75) is 26.5 Å². The van der Waals surface area contributed by atoms with Gasteiger partial charge in [0.1, 0.15) is 12.6 Å². The number of para-hydroxylation sites is 1. The molecular formula is C27H23BrCl2N6O3. The lowest BCUT2D eigenvalue weighted by Gasteiger charge is -2.28. The molecule has 1 aliphatic rings. The molecule has 0 fully saturated rings. The normalized spacial score (nSPS) is 14.4. The number of aromatic nitrogens is 4. The average Bonchev–Trinajstić information content (AvgIpc) is 3.38. The number of hydrogen-bond donors (Lipinski definition) is 2. The number of rotatable bonds is 8. The van der Waals surface area contributed by atoms with Crippen molar-refractivity contribution in [3.8, 4) is 11.5 Å². The molecule has 0 bridgehead atoms. The van der Waals surface area contributed by atoms with E-state index in [0.29, 0.717) is 55.5 Å². The highest BCUT2D eigenvalue weighted by Gasteiger charge is 2.35. The summed E-state index contributed by atoms with van der Waals surface area (Å²) >= 11 is 15.9. The standard InChI is InChI=1S/C27H23BrCl2N6O3/c1-3-38-22-13-17(12-19(28)25(22)39-14-16-9-10-20(29)21(30)11-16)24-23(15(2)31-27-33-34-35-36(24)27)26(37)32-18-7-5-4-6-8-18/h4-13,24H,3,14H2,1-2H3,(H,32,37)(H,31,33,35). The highest BCUT2D eigenvalue weighted by Crippen LogP contribution is 2.43. The molecule has 0 saturated heterocycles. The largest absolute Gasteiger partial charge is 0.490 e. The van der Waals surface area contributed by atoms with Crippen LogP contribution in [0.25, 0.3) is 0 Å². The van der Waals surface area contributed by atoms with Gasteiger partial charge in [-0.15, -0.1) is 0 Å². The average molecular weight is 630 g/mol. The van der Waals surface area contributed by atoms with Gasteiger partial charge in [0.2, 0.25) is 5.95 Å². The predicted octanol–water partition coefficient (Wildman–Crippen LogP) is 6.65. The molecule has 4 aromatic rings. The Morgan fingerprint density at radius 2 is 1.90 bits per heavy atom. The van der Waals surface area contributed by atoms with Crippen LogP contribution >= 0.6 is 39.1 Å². The summed E-state index contributed by atoms with van der Waals surface area (Å²) in [6.45, 7) is 4.34. The number of benzene rings is 3. The van der Waals surface area contributed by atoms with Crippen molar-refractivity contribution in [3.05, 3.63) is 97.6 Å². The van der Waals surface area contributed by atoms with Crippen molar-refractivity contribution in [2.24, 2.45) is 0 Å². The zero-order chi connectivity index (χ0) is 27.5. The highest BCUT2D eigenvalue weighted by molar-refractivity contribution is 9.10. The number of carbonyl (C=O) groups excluding carboxylic acids is 1. The minimum atomic E-state index is -0.639. The molecule has 200 valence electrons. The second-order valence-corrected chi connectivity index (χ2v) is 10.3. The van der Waals surface area contributed by atoms with Crippen molar-refractivity contribution in [1.29, 1.82) is 0 Å². The SMILES string of the molecule is CCOc1cc(C2C(C(=O)Nc3ccccc3)=C(C)Nc3nnnn32)cc(Br)c1OCc1ccc(Cl)c(Cl)c1. The van der Waals surface area contributed by atoms with Crippen molar-refractivity contribution < 1.29 is 14.3 Å². The van der Waals surface area contributed by atoms with Crippen LogP contribution in [0, 0.1) is 0 Å². The number of fused-ring (bicyclic) bond motifs is 1. The van der Waals surface area contributed by atoms with E-state index in [-0.39, 0.29) is 12.5 Å². The summed E-state index contributed by atoms with van der Waals surface area (Å²) < 4.78 is 14.3. The van der Waals surface area contributed by atoms with Crippen LogP contribution in [-0.4, -0.2) is 32.7 Å². The van der Waals surface area contributed by atoms with E-state index in [4.69, 9.17) is 32.7 Å². The van der Waals surface area contributed by atoms with E-state index in [1.807, 2.05) is 62.4 Å². The first-order valence-electron chi connectivity index (χ1n) is 12.0. The van der Waals surface area contributed by atoms with E-state index in [1.54, 1.807) is 16.8 Å². The predicted molar refractivity (Wildman–Crippen MR) is 153 cm³/mol. The van der Waals surface area contributed by atoms with Gasteiger partial charge in [-0.25, -0.2) is 0 Å². The Morgan fingerprint density at radius 3 is 2.64 bits per heavy atom. The smallest absolute Gasteiger partial charge is 0.255 e. The Hall–Kier alpha value is -3.60. The molecule has 9 nitrogen and oxygen atoms in total. The molecule has 0 saturated carbocycles. The quantitative estimate of drug-likeness (QED) is 0.225. The zero-order valence-corrected chi connectivity index (χ0v) is 24.0. The van der Waals surface area contributed by atoms with Gasteiger partial charge in [0.25, 0.3) is 5.91 Å². The number of anilines is 2. The van der Waals surface area contributed by atoms with Gasteiger partial charge in [-0.05, 0) is 87.7 Å². The van der Waals surface area contributed by atoms with Gasteiger partial charge in [0.15, 0.2) is 11.5 Å². The fourth-order valence-corrected chi connectivity index (χ4v) is 5.16. The van der Waals surface area contributed by atoms with Gasteiger partial charge >= 0.3 is 0 Å². The van der Waals surface area contributed by atoms with Gasteiger partial charge in [-0.3, -0.25) is 4.79 Å². The molecule has 0 radical (unpaired) electrons. The molecule has 1 amide bonds. The third kappa shape index (κ3) is 5.73. The Morgan fingerprint density at radius 1 is 1.10 bits per heavy atom. The first-order chi connectivity index (χ1) is 18.9. The Labute approximate surface area is 243 Å². The number of allylic oxidation sites excluding steroid dienone is 1. The molecule has 1 unspecified atom stereocenters. The van der Waals surface area contributed by atoms with E-state index in [2.05, 4.69) is 42.1 Å². The van der Waals surface area contributed by atoms with Crippen LogP contribution in [0.2, 0.25) is 10.0 Å². The molecule has 12 heteroatoms. The van der Waals surface area contributed by atoms with E-state index >= 15 is 0 Å². The summed E-state index contributed by atoms with van der Waals surface area (Å²) in [4.78, 5) is 13.6. The number of nitrogens with zero attached hydrogens (tertiary/aromatic N) is 4. The number of tetrazole rings is 1. The fraction of sp³-hybridized carbons (Fsp3) is 0.185. The zero-order valence-electron chi connectivity index (χ0n) is 20.9. The lowest BCUT2D eigenvalue weighted by molar-refractivity contribution is -0.113. The molecule has 2 heterocycles. The highest BCUT2D eigenvalue weighted by atomic mass is 79.9. The molecule has 0 spiro atoms. The number of hydrogen-bond acceptors (Lipinski definition) is 7. The summed E-state index contributed by atoms with van der Waals surface area (Å²) in [5, 5.41) is 19.1. The van der Waals surface area contributed by atoms with Crippen LogP contribution in [0.3, 0.4) is 0 Å². The van der Waals surface area contributed by atoms with Gasteiger partial charge in [0, 0.05) is 11.4 Å². The van der Waals surface area contributed by atoms with Crippen LogP contribution in [0.15, 0.2) is 76.4 Å². The lowest BCUT2D eigenvalue weighted by atomic mass is 9.94. The fourth-order valence-electron chi connectivity index (χ4n) is 4.27. The van der Waals surface area contributed by atoms with E-state index < -0.39 is 6.04 Å². The molecule has 1 aliphatic heterocycles. The first kappa shape index (κ1) is 27.0. The second kappa shape index (κ2) is 11.6. The van der Waals surface area contributed by atoms with E-state index in [9.17, 15) is 4.79 Å². The van der Waals surface area contributed by atoms with E-state index in [0.717, 1.165) is 11.1 Å². The molecule has 2 N–H and O–H groups in total. The molecule has 5 rings (SSSR count). The summed E-state index contributed by atoms with van der Waals surface area (Å²) in [7, 11) is 0. The number of ether oxygens (including phenoxy) is 2. The molecule has 3 aromatic carbocycles. The number of nitrogens with one attached hydrogen (secondary N) is 2. The molecule has 0 aliphatic carbocycles. The van der Waals surface area contributed by atoms with E-state index in [1.165, 1.54) is 0 Å². The Bertz CT molecular complexity index is 1560. The van der Waals surface area contributed by atoms with Crippen molar-refractivity contribution in [1.82, 2.24) is 20.2 Å². The topological polar surface area (TPSA) is 103 Å². The second-order valence-electron chi connectivity index (χ2n) is 8.63. The summed E-state index contributed by atoms with van der Waals surface area (Å²) in [5.74, 6) is 1.14. The maximum atomic E-state index is 13.6. The van der Waals surface area contributed by atoms with Gasteiger partial charge < -0.3 is 20.1 Å². The number of amides is 1. The Kier molecular flexibility index (Phi) is 8.06. The summed E-state index contributed by atoms with van der Waals surface area (Å²) in [6.07, 6.45) is 0. The first-order valence-corrected chi connectivity index (χ1v) is 13.6. The summed E-state index contributed by atoms with van der Waals surface area (Å²) in [5.41, 5.74) is 3.33. The molecular weight excluding hydrogens is 607 g/mol. The van der Waals surface area contributed by atoms with Crippen molar-refractivity contribution >= 4 is 56.7 Å². The van der Waals surface area contributed by atoms with Crippen LogP contribution < -0.4 is 20.1 Å². The number of halogens is 3. The van der Waals surface area contributed by atoms with Gasteiger partial charge in [-0.1, -0.05) is 52.6 Å². The number of carbonyl (C=O) groups is 1. The minimum absolute atomic E-state index is 0.239. The maximum Gasteiger partial charge on any atom is 0.255 e. The van der Waals surface area contributed by atoms with Crippen LogP contribution in [0.1, 0.15) is 31.0 Å². The third-order valence-corrected chi connectivity index (χ3v) is 7.33. The van der Waals surface area contributed by atoms with Crippen LogP contribution in [0.5, 0.6) is 11.5 Å². The van der Waals surface area contributed by atoms with Crippen LogP contribution in [-0.2, 0) is 11.4 Å². The lowest BCUT2D eigenvalue weighted by Crippen LogP contribution is -2.31. The molecule has 1 aromatic heterocycles. The molecule has 39 heavy (non-hydrogen) atoms. The van der Waals surface area contributed by atoms with Crippen LogP contribution in [0.4, 0.5) is 11.6 Å². The monoisotopic (exact) mass is 628 g/mol. The minimum Gasteiger partial charge on any atom is -0.490 e. The molecule has 1 atom stereocenters. The van der Waals surface area contributed by atoms with Crippen molar-refractivity contribution in [2.75, 3.05) is 17.2 Å². The third-order valence-electron chi connectivity index (χ3n) is 6.01. The summed E-state index contributed by atoms with van der Waals surface area (Å²) in [6, 6.07) is 17.6. The van der Waals surface area contributed by atoms with Crippen molar-refractivity contribution in [3.63, 3.8) is 0 Å². The van der Waals surface area contributed by atoms with Gasteiger partial charge in [0.05, 0.1) is 26.7 Å².